The van der Waals surface area contributed by atoms with Gasteiger partial charge in [-0.1, -0.05) is 12.1 Å². The number of rotatable bonds is 2. The average Bonchev–Trinajstić information content (AvgIpc) is 3.14. The minimum absolute atomic E-state index is 0.00395. The molecule has 6 nitrogen and oxygen atoms in total. The molecule has 3 heterocycles. The van der Waals surface area contributed by atoms with Crippen LogP contribution < -0.4 is 5.01 Å². The van der Waals surface area contributed by atoms with Crippen molar-refractivity contribution in [1.29, 1.82) is 0 Å². The number of aryl methyl sites for hydroxylation is 2. The normalized spacial score (nSPS) is 19.7. The monoisotopic (exact) mass is 364 g/mol. The van der Waals surface area contributed by atoms with Gasteiger partial charge in [-0.3, -0.25) is 9.59 Å². The van der Waals surface area contributed by atoms with E-state index >= 15 is 0 Å². The van der Waals surface area contributed by atoms with Crippen molar-refractivity contribution in [2.45, 2.75) is 46.2 Å². The van der Waals surface area contributed by atoms with Gasteiger partial charge in [0.2, 0.25) is 5.91 Å². The fourth-order valence-electron chi connectivity index (χ4n) is 3.87. The number of hydrogen-bond acceptors (Lipinski definition) is 3. The molecule has 0 N–H and O–H groups in total. The van der Waals surface area contributed by atoms with Gasteiger partial charge in [-0.2, -0.15) is 5.10 Å². The van der Waals surface area contributed by atoms with Crippen molar-refractivity contribution < 1.29 is 9.59 Å². The molecule has 2 aromatic rings. The number of fused-ring (bicyclic) bond motifs is 1. The van der Waals surface area contributed by atoms with E-state index in [1.54, 1.807) is 0 Å². The van der Waals surface area contributed by atoms with E-state index in [1.807, 2.05) is 56.1 Å². The quantitative estimate of drug-likeness (QED) is 0.822. The van der Waals surface area contributed by atoms with Gasteiger partial charge in [0.15, 0.2) is 0 Å². The molecule has 2 aliphatic rings. The van der Waals surface area contributed by atoms with E-state index in [2.05, 4.69) is 15.7 Å². The maximum absolute atomic E-state index is 13.2. The van der Waals surface area contributed by atoms with Crippen LogP contribution in [-0.4, -0.2) is 33.5 Å². The van der Waals surface area contributed by atoms with Crippen LogP contribution in [0.2, 0.25) is 0 Å². The zero-order valence-electron chi connectivity index (χ0n) is 16.0. The number of anilines is 1. The summed E-state index contributed by atoms with van der Waals surface area (Å²) < 4.78 is 2.18. The standard InChI is InChI=1S/C21H24N4O2/c1-14-6-7-15(2)19(13-14)25-20(26)9-8-17(22-25)21(27)24-12-11-23-10-4-5-18(23)16(24)3/h4-7,10,13,16H,8-9,11-12H2,1-3H3. The number of hydrogen-bond donors (Lipinski definition) is 0. The zero-order chi connectivity index (χ0) is 19.1. The van der Waals surface area contributed by atoms with Crippen LogP contribution in [0, 0.1) is 13.8 Å². The van der Waals surface area contributed by atoms with Gasteiger partial charge in [0.1, 0.15) is 5.71 Å². The minimum Gasteiger partial charge on any atom is -0.348 e. The highest BCUT2D eigenvalue weighted by Gasteiger charge is 2.33. The van der Waals surface area contributed by atoms with Crippen LogP contribution in [0.4, 0.5) is 5.69 Å². The molecule has 2 aliphatic heterocycles. The second-order valence-electron chi connectivity index (χ2n) is 7.34. The lowest BCUT2D eigenvalue weighted by Gasteiger charge is -2.36. The molecule has 27 heavy (non-hydrogen) atoms. The molecule has 1 atom stereocenters. The van der Waals surface area contributed by atoms with E-state index in [0.717, 1.165) is 29.1 Å². The van der Waals surface area contributed by atoms with Gasteiger partial charge in [0, 0.05) is 37.8 Å². The van der Waals surface area contributed by atoms with Gasteiger partial charge in [-0.15, -0.1) is 0 Å². The van der Waals surface area contributed by atoms with Crippen molar-refractivity contribution >= 4 is 23.2 Å². The molecule has 140 valence electrons. The molecule has 6 heteroatoms. The first-order valence-electron chi connectivity index (χ1n) is 9.39. The number of carbonyl (C=O) groups excluding carboxylic acids is 2. The number of nitrogens with zero attached hydrogens (tertiary/aromatic N) is 4. The van der Waals surface area contributed by atoms with Crippen LogP contribution in [-0.2, 0) is 16.1 Å². The summed E-state index contributed by atoms with van der Waals surface area (Å²) in [6, 6.07) is 9.99. The van der Waals surface area contributed by atoms with Crippen molar-refractivity contribution in [3.63, 3.8) is 0 Å². The highest BCUT2D eigenvalue weighted by atomic mass is 16.2. The van der Waals surface area contributed by atoms with E-state index in [0.29, 0.717) is 25.1 Å². The number of aromatic nitrogens is 1. The molecule has 0 radical (unpaired) electrons. The Balaban J connectivity index is 1.64. The van der Waals surface area contributed by atoms with Crippen molar-refractivity contribution in [3.8, 4) is 0 Å². The van der Waals surface area contributed by atoms with Crippen LogP contribution >= 0.6 is 0 Å². The average molecular weight is 364 g/mol. The van der Waals surface area contributed by atoms with Crippen molar-refractivity contribution in [3.05, 3.63) is 53.3 Å². The SMILES string of the molecule is Cc1ccc(C)c(N2N=C(C(=O)N3CCn4cccc4C3C)CCC2=O)c1. The van der Waals surface area contributed by atoms with Crippen molar-refractivity contribution in [2.24, 2.45) is 5.10 Å². The number of benzene rings is 1. The van der Waals surface area contributed by atoms with Crippen LogP contribution in [0.15, 0.2) is 41.6 Å². The number of amides is 2. The second-order valence-corrected chi connectivity index (χ2v) is 7.34. The van der Waals surface area contributed by atoms with Crippen LogP contribution in [0.1, 0.15) is 42.6 Å². The molecule has 1 aromatic heterocycles. The summed E-state index contributed by atoms with van der Waals surface area (Å²) in [6.07, 6.45) is 2.74. The Labute approximate surface area is 159 Å². The number of hydrazone groups is 1. The first-order valence-corrected chi connectivity index (χ1v) is 9.39. The van der Waals surface area contributed by atoms with Crippen molar-refractivity contribution in [1.82, 2.24) is 9.47 Å². The summed E-state index contributed by atoms with van der Waals surface area (Å²) in [4.78, 5) is 27.5. The molecular weight excluding hydrogens is 340 g/mol. The molecule has 1 unspecified atom stereocenters. The van der Waals surface area contributed by atoms with Gasteiger partial charge in [-0.05, 0) is 50.1 Å². The minimum atomic E-state index is -0.0715. The topological polar surface area (TPSA) is 57.9 Å². The Morgan fingerprint density at radius 3 is 2.78 bits per heavy atom. The summed E-state index contributed by atoms with van der Waals surface area (Å²) in [5.41, 5.74) is 4.37. The predicted octanol–water partition coefficient (Wildman–Crippen LogP) is 3.19. The maximum Gasteiger partial charge on any atom is 0.270 e. The van der Waals surface area contributed by atoms with Gasteiger partial charge < -0.3 is 9.47 Å². The molecule has 0 spiro atoms. The Morgan fingerprint density at radius 1 is 1.15 bits per heavy atom. The smallest absolute Gasteiger partial charge is 0.270 e. The summed E-state index contributed by atoms with van der Waals surface area (Å²) in [5, 5.41) is 5.90. The Hall–Kier alpha value is -2.89. The first-order chi connectivity index (χ1) is 13.0. The Bertz CT molecular complexity index is 943. The zero-order valence-corrected chi connectivity index (χ0v) is 16.0. The van der Waals surface area contributed by atoms with Gasteiger partial charge in [0.25, 0.3) is 5.91 Å². The maximum atomic E-state index is 13.2. The molecule has 0 bridgehead atoms. The summed E-state index contributed by atoms with van der Waals surface area (Å²) in [7, 11) is 0. The molecule has 1 aromatic carbocycles. The fourth-order valence-corrected chi connectivity index (χ4v) is 3.87. The van der Waals surface area contributed by atoms with E-state index in [-0.39, 0.29) is 17.9 Å². The Kier molecular flexibility index (Phi) is 4.34. The fraction of sp³-hybridized carbons (Fsp3) is 0.381. The molecule has 2 amide bonds. The predicted molar refractivity (Wildman–Crippen MR) is 105 cm³/mol. The summed E-state index contributed by atoms with van der Waals surface area (Å²) in [5.74, 6) is -0.140. The van der Waals surface area contributed by atoms with E-state index in [1.165, 1.54) is 5.01 Å². The highest BCUT2D eigenvalue weighted by Crippen LogP contribution is 2.28. The lowest BCUT2D eigenvalue weighted by molar-refractivity contribution is -0.127. The largest absolute Gasteiger partial charge is 0.348 e. The first kappa shape index (κ1) is 17.5. The third kappa shape index (κ3) is 3.05. The lowest BCUT2D eigenvalue weighted by Crippen LogP contribution is -2.46. The summed E-state index contributed by atoms with van der Waals surface area (Å²) >= 11 is 0. The molecule has 4 rings (SSSR count). The second kappa shape index (κ2) is 6.68. The molecule has 0 saturated heterocycles. The van der Waals surface area contributed by atoms with Gasteiger partial charge in [-0.25, -0.2) is 5.01 Å². The number of carbonyl (C=O) groups is 2. The molecule has 0 saturated carbocycles. The van der Waals surface area contributed by atoms with E-state index in [9.17, 15) is 9.59 Å². The van der Waals surface area contributed by atoms with Crippen LogP contribution in [0.3, 0.4) is 0 Å². The van der Waals surface area contributed by atoms with E-state index < -0.39 is 0 Å². The van der Waals surface area contributed by atoms with Crippen molar-refractivity contribution in [2.75, 3.05) is 11.6 Å². The highest BCUT2D eigenvalue weighted by molar-refractivity contribution is 6.40. The third-order valence-electron chi connectivity index (χ3n) is 5.48. The summed E-state index contributed by atoms with van der Waals surface area (Å²) in [6.45, 7) is 7.41. The molecule has 0 fully saturated rings. The molecular formula is C21H24N4O2. The van der Waals surface area contributed by atoms with Crippen LogP contribution in [0.25, 0.3) is 0 Å². The van der Waals surface area contributed by atoms with Crippen LogP contribution in [0.5, 0.6) is 0 Å². The third-order valence-corrected chi connectivity index (χ3v) is 5.48. The molecule has 0 aliphatic carbocycles. The van der Waals surface area contributed by atoms with Gasteiger partial charge in [0.05, 0.1) is 11.7 Å². The van der Waals surface area contributed by atoms with E-state index in [4.69, 9.17) is 0 Å². The lowest BCUT2D eigenvalue weighted by atomic mass is 10.1. The Morgan fingerprint density at radius 2 is 1.96 bits per heavy atom. The van der Waals surface area contributed by atoms with Gasteiger partial charge >= 0.3 is 0 Å².